The highest BCUT2D eigenvalue weighted by molar-refractivity contribution is 6.04. The van der Waals surface area contributed by atoms with Crippen LogP contribution in [0, 0.1) is 5.92 Å². The number of likely N-dealkylation sites (tertiary alicyclic amines) is 1. The summed E-state index contributed by atoms with van der Waals surface area (Å²) in [4.78, 5) is 40.7. The Hall–Kier alpha value is -4.48. The average Bonchev–Trinajstić information content (AvgIpc) is 3.73. The maximum absolute atomic E-state index is 13.0. The highest BCUT2D eigenvalue weighted by atomic mass is 19.4. The molecule has 2 aliphatic rings. The number of carbonyl (C=O) groups is 2. The van der Waals surface area contributed by atoms with Crippen LogP contribution in [0.15, 0.2) is 55.0 Å². The lowest BCUT2D eigenvalue weighted by Crippen LogP contribution is -2.45. The Labute approximate surface area is 233 Å². The van der Waals surface area contributed by atoms with Gasteiger partial charge in [-0.05, 0) is 56.9 Å². The quantitative estimate of drug-likeness (QED) is 0.347. The zero-order valence-corrected chi connectivity index (χ0v) is 22.2. The third kappa shape index (κ3) is 5.21. The highest BCUT2D eigenvalue weighted by Crippen LogP contribution is 2.38. The number of anilines is 2. The number of carbonyl (C=O) groups excluding carboxylic acids is 2. The normalized spacial score (nSPS) is 19.4. The summed E-state index contributed by atoms with van der Waals surface area (Å²) in [6, 6.07) is 8.35. The topological polar surface area (TPSA) is 119 Å². The Kier molecular flexibility index (Phi) is 6.63. The van der Waals surface area contributed by atoms with Crippen molar-refractivity contribution >= 4 is 29.0 Å². The maximum Gasteiger partial charge on any atom is 0.416 e. The lowest BCUT2D eigenvalue weighted by molar-refractivity contribution is -0.138. The van der Waals surface area contributed by atoms with Crippen LogP contribution in [-0.4, -0.2) is 48.7 Å². The SMILES string of the molecule is C[C@H]1CC[C@H](c2nc(-c3ccc(C(=O)Nc4cc(C(F)(F)F)ccn4)cc3)c3c(N)nccn23)CN1C(=O)C1CC1. The number of nitrogen functional groups attached to an aromatic ring is 1. The summed E-state index contributed by atoms with van der Waals surface area (Å²) in [5, 5.41) is 2.41. The number of hydrogen-bond acceptors (Lipinski definition) is 6. The Bertz CT molecular complexity index is 1630. The van der Waals surface area contributed by atoms with Gasteiger partial charge in [-0.1, -0.05) is 12.1 Å². The van der Waals surface area contributed by atoms with E-state index in [2.05, 4.69) is 22.2 Å². The van der Waals surface area contributed by atoms with Crippen LogP contribution in [0.4, 0.5) is 24.8 Å². The first-order chi connectivity index (χ1) is 19.6. The molecule has 0 unspecified atom stereocenters. The summed E-state index contributed by atoms with van der Waals surface area (Å²) in [5.74, 6) is 0.672. The second-order valence-corrected chi connectivity index (χ2v) is 10.7. The van der Waals surface area contributed by atoms with E-state index >= 15 is 0 Å². The molecule has 9 nitrogen and oxygen atoms in total. The van der Waals surface area contributed by atoms with Crippen molar-refractivity contribution in [2.75, 3.05) is 17.6 Å². The maximum atomic E-state index is 13.0. The second-order valence-electron chi connectivity index (χ2n) is 10.7. The molecule has 2 fully saturated rings. The number of nitrogens with one attached hydrogen (secondary N) is 1. The third-order valence-electron chi connectivity index (χ3n) is 7.82. The van der Waals surface area contributed by atoms with Crippen molar-refractivity contribution < 1.29 is 22.8 Å². The van der Waals surface area contributed by atoms with Crippen LogP contribution in [0.2, 0.25) is 0 Å². The summed E-state index contributed by atoms with van der Waals surface area (Å²) in [6.07, 6.45) is 3.53. The number of piperidine rings is 1. The van der Waals surface area contributed by atoms with E-state index in [-0.39, 0.29) is 35.2 Å². The minimum atomic E-state index is -4.55. The molecule has 1 aliphatic carbocycles. The molecule has 1 saturated heterocycles. The number of hydrogen-bond donors (Lipinski definition) is 2. The lowest BCUT2D eigenvalue weighted by atomic mass is 9.92. The molecule has 0 spiro atoms. The van der Waals surface area contributed by atoms with Gasteiger partial charge in [0.25, 0.3) is 5.91 Å². The van der Waals surface area contributed by atoms with Gasteiger partial charge in [0.1, 0.15) is 28.7 Å². The summed E-state index contributed by atoms with van der Waals surface area (Å²) >= 11 is 0. The van der Waals surface area contributed by atoms with Crippen LogP contribution in [0.3, 0.4) is 0 Å². The number of pyridine rings is 1. The predicted molar refractivity (Wildman–Crippen MR) is 146 cm³/mol. The number of imidazole rings is 1. The molecule has 1 aromatic carbocycles. The molecule has 41 heavy (non-hydrogen) atoms. The molecule has 4 heterocycles. The van der Waals surface area contributed by atoms with Gasteiger partial charge in [0, 0.05) is 54.1 Å². The molecule has 12 heteroatoms. The van der Waals surface area contributed by atoms with Crippen molar-refractivity contribution in [2.24, 2.45) is 5.92 Å². The summed E-state index contributed by atoms with van der Waals surface area (Å²) < 4.78 is 41.0. The smallest absolute Gasteiger partial charge is 0.382 e. The van der Waals surface area contributed by atoms with Crippen molar-refractivity contribution in [3.8, 4) is 11.3 Å². The molecule has 2 amide bonds. The average molecular weight is 564 g/mol. The van der Waals surface area contributed by atoms with Gasteiger partial charge < -0.3 is 16.0 Å². The fourth-order valence-corrected chi connectivity index (χ4v) is 5.41. The van der Waals surface area contributed by atoms with Crippen molar-refractivity contribution in [3.05, 3.63) is 71.9 Å². The molecule has 6 rings (SSSR count). The summed E-state index contributed by atoms with van der Waals surface area (Å²) in [7, 11) is 0. The third-order valence-corrected chi connectivity index (χ3v) is 7.82. The minimum Gasteiger partial charge on any atom is -0.382 e. The number of fused-ring (bicyclic) bond motifs is 1. The molecule has 0 radical (unpaired) electrons. The van der Waals surface area contributed by atoms with Gasteiger partial charge in [0.2, 0.25) is 5.91 Å². The van der Waals surface area contributed by atoms with E-state index < -0.39 is 17.6 Å². The number of alkyl halides is 3. The molecular formula is C29H28F3N7O2. The van der Waals surface area contributed by atoms with Gasteiger partial charge in [0.15, 0.2) is 0 Å². The Morgan fingerprint density at radius 3 is 2.49 bits per heavy atom. The van der Waals surface area contributed by atoms with Crippen LogP contribution in [0.25, 0.3) is 16.8 Å². The monoisotopic (exact) mass is 563 g/mol. The first kappa shape index (κ1) is 26.7. The van der Waals surface area contributed by atoms with Gasteiger partial charge in [-0.2, -0.15) is 13.2 Å². The molecular weight excluding hydrogens is 535 g/mol. The number of benzene rings is 1. The Morgan fingerprint density at radius 2 is 1.78 bits per heavy atom. The highest BCUT2D eigenvalue weighted by Gasteiger charge is 2.39. The van der Waals surface area contributed by atoms with E-state index in [1.165, 1.54) is 0 Å². The van der Waals surface area contributed by atoms with E-state index in [9.17, 15) is 22.8 Å². The standard InChI is InChI=1S/C29H28F3N7O2/c1-16-2-3-20(15-39(16)28(41)19-8-9-19)26-37-23(24-25(33)35-12-13-38(24)26)17-4-6-18(7-5-17)27(40)36-22-14-21(10-11-34-22)29(30,31)32/h4-7,10-14,16,19-20H,2-3,8-9,15H2,1H3,(H2,33,35)(H,34,36,40)/t16-,20-/m0/s1. The Balaban J connectivity index is 1.27. The number of amides is 2. The molecule has 1 aliphatic heterocycles. The largest absolute Gasteiger partial charge is 0.416 e. The van der Waals surface area contributed by atoms with Crippen molar-refractivity contribution in [1.82, 2.24) is 24.3 Å². The van der Waals surface area contributed by atoms with Crippen molar-refractivity contribution in [2.45, 2.75) is 50.7 Å². The fourth-order valence-electron chi connectivity index (χ4n) is 5.41. The van der Waals surface area contributed by atoms with Gasteiger partial charge in [-0.25, -0.2) is 15.0 Å². The zero-order valence-electron chi connectivity index (χ0n) is 22.2. The van der Waals surface area contributed by atoms with Crippen molar-refractivity contribution in [1.29, 1.82) is 0 Å². The fraction of sp³-hybridized carbons (Fsp3) is 0.345. The molecule has 212 valence electrons. The van der Waals surface area contributed by atoms with Gasteiger partial charge in [-0.3, -0.25) is 14.0 Å². The molecule has 3 aromatic heterocycles. The van der Waals surface area contributed by atoms with Crippen molar-refractivity contribution in [3.63, 3.8) is 0 Å². The number of rotatable bonds is 5. The molecule has 1 saturated carbocycles. The molecule has 2 atom stereocenters. The molecule has 0 bridgehead atoms. The van der Waals surface area contributed by atoms with E-state index in [0.717, 1.165) is 49.8 Å². The lowest BCUT2D eigenvalue weighted by Gasteiger charge is -2.37. The molecule has 4 aromatic rings. The minimum absolute atomic E-state index is 0.0157. The first-order valence-corrected chi connectivity index (χ1v) is 13.5. The van der Waals surface area contributed by atoms with E-state index in [4.69, 9.17) is 10.7 Å². The van der Waals surface area contributed by atoms with Crippen LogP contribution >= 0.6 is 0 Å². The number of halogens is 3. The van der Waals surface area contributed by atoms with Gasteiger partial charge in [0.05, 0.1) is 5.56 Å². The second kappa shape index (κ2) is 10.2. The summed E-state index contributed by atoms with van der Waals surface area (Å²) in [6.45, 7) is 2.67. The number of nitrogens with two attached hydrogens (primary N) is 1. The van der Waals surface area contributed by atoms with Gasteiger partial charge >= 0.3 is 6.18 Å². The first-order valence-electron chi connectivity index (χ1n) is 13.5. The van der Waals surface area contributed by atoms with E-state index in [1.807, 2.05) is 15.5 Å². The number of aromatic nitrogens is 4. The van der Waals surface area contributed by atoms with Crippen LogP contribution in [0.5, 0.6) is 0 Å². The van der Waals surface area contributed by atoms with Crippen LogP contribution in [-0.2, 0) is 11.0 Å². The van der Waals surface area contributed by atoms with E-state index in [1.54, 1.807) is 30.5 Å². The van der Waals surface area contributed by atoms with E-state index in [0.29, 0.717) is 29.1 Å². The Morgan fingerprint density at radius 1 is 1.02 bits per heavy atom. The summed E-state index contributed by atoms with van der Waals surface area (Å²) in [5.41, 5.74) is 7.55. The zero-order chi connectivity index (χ0) is 28.9. The van der Waals surface area contributed by atoms with Crippen LogP contribution in [0.1, 0.15) is 60.3 Å². The van der Waals surface area contributed by atoms with Gasteiger partial charge in [-0.15, -0.1) is 0 Å². The predicted octanol–water partition coefficient (Wildman–Crippen LogP) is 5.15. The van der Waals surface area contributed by atoms with Crippen LogP contribution < -0.4 is 11.1 Å². The number of nitrogens with zero attached hydrogens (tertiary/aromatic N) is 5. The molecule has 3 N–H and O–H groups in total.